The Hall–Kier alpha value is -0.650. The molecule has 4 nitrogen and oxygen atoms in total. The number of nitrogens with zero attached hydrogens (tertiary/aromatic N) is 1. The average Bonchev–Trinajstić information content (AvgIpc) is 2.29. The Morgan fingerprint density at radius 3 is 2.71 bits per heavy atom. The molecule has 0 aliphatic heterocycles. The van der Waals surface area contributed by atoms with Crippen molar-refractivity contribution in [3.05, 3.63) is 29.0 Å². The number of aliphatic hydroxyl groups excluding tert-OH is 1. The van der Waals surface area contributed by atoms with Crippen molar-refractivity contribution in [2.45, 2.75) is 25.9 Å². The summed E-state index contributed by atoms with van der Waals surface area (Å²) in [6.45, 7) is 1.62. The van der Waals surface area contributed by atoms with E-state index in [0.29, 0.717) is 23.6 Å². The van der Waals surface area contributed by atoms with Crippen LogP contribution in [0.2, 0.25) is 5.15 Å². The molecule has 0 aliphatic carbocycles. The van der Waals surface area contributed by atoms with Crippen LogP contribution in [0.5, 0.6) is 0 Å². The summed E-state index contributed by atoms with van der Waals surface area (Å²) >= 11 is 5.63. The lowest BCUT2D eigenvalue weighted by molar-refractivity contribution is 0.166. The first-order valence-corrected chi connectivity index (χ1v) is 7.64. The molecule has 0 aliphatic rings. The zero-order chi connectivity index (χ0) is 12.9. The van der Waals surface area contributed by atoms with E-state index in [4.69, 9.17) is 11.6 Å². The Kier molecular flexibility index (Phi) is 5.36. The number of rotatable bonds is 6. The van der Waals surface area contributed by atoms with Gasteiger partial charge in [0.05, 0.1) is 11.9 Å². The zero-order valence-corrected chi connectivity index (χ0v) is 11.2. The number of halogens is 1. The predicted molar refractivity (Wildman–Crippen MR) is 67.8 cm³/mol. The van der Waals surface area contributed by atoms with Crippen LogP contribution in [-0.4, -0.2) is 30.0 Å². The van der Waals surface area contributed by atoms with E-state index in [0.717, 1.165) is 0 Å². The third-order valence-electron chi connectivity index (χ3n) is 2.51. The third kappa shape index (κ3) is 5.02. The van der Waals surface area contributed by atoms with Gasteiger partial charge in [0.2, 0.25) is 0 Å². The van der Waals surface area contributed by atoms with Gasteiger partial charge in [0.1, 0.15) is 15.0 Å². The molecular weight excluding hydrogens is 262 g/mol. The van der Waals surface area contributed by atoms with E-state index in [1.165, 1.54) is 6.20 Å². The van der Waals surface area contributed by atoms with E-state index in [2.05, 4.69) is 4.98 Å². The highest BCUT2D eigenvalue weighted by atomic mass is 35.5. The SMILES string of the molecule is CCS(=O)(=O)CCCC(O)c1ccc(Cl)nc1. The third-order valence-corrected chi connectivity index (χ3v) is 4.52. The van der Waals surface area contributed by atoms with E-state index < -0.39 is 15.9 Å². The second-order valence-electron chi connectivity index (χ2n) is 3.81. The Balaban J connectivity index is 2.45. The van der Waals surface area contributed by atoms with Crippen molar-refractivity contribution in [3.63, 3.8) is 0 Å². The maximum absolute atomic E-state index is 11.3. The topological polar surface area (TPSA) is 67.3 Å². The number of aliphatic hydroxyl groups is 1. The number of pyridine rings is 1. The monoisotopic (exact) mass is 277 g/mol. The van der Waals surface area contributed by atoms with Crippen LogP contribution in [-0.2, 0) is 9.84 Å². The van der Waals surface area contributed by atoms with Gasteiger partial charge in [-0.3, -0.25) is 0 Å². The number of aromatic nitrogens is 1. The van der Waals surface area contributed by atoms with Gasteiger partial charge in [0.15, 0.2) is 0 Å². The number of hydrogen-bond acceptors (Lipinski definition) is 4. The molecule has 0 bridgehead atoms. The van der Waals surface area contributed by atoms with Crippen molar-refractivity contribution >= 4 is 21.4 Å². The minimum Gasteiger partial charge on any atom is -0.388 e. The predicted octanol–water partition coefficient (Wildman–Crippen LogP) is 1.98. The van der Waals surface area contributed by atoms with E-state index in [1.54, 1.807) is 19.1 Å². The van der Waals surface area contributed by atoms with E-state index in [9.17, 15) is 13.5 Å². The summed E-state index contributed by atoms with van der Waals surface area (Å²) in [6.07, 6.45) is 1.66. The van der Waals surface area contributed by atoms with Gasteiger partial charge < -0.3 is 5.11 Å². The highest BCUT2D eigenvalue weighted by molar-refractivity contribution is 7.91. The van der Waals surface area contributed by atoms with Crippen molar-refractivity contribution in [1.29, 1.82) is 0 Å². The van der Waals surface area contributed by atoms with Crippen LogP contribution < -0.4 is 0 Å². The lowest BCUT2D eigenvalue weighted by atomic mass is 10.1. The van der Waals surface area contributed by atoms with Gasteiger partial charge in [0.25, 0.3) is 0 Å². The normalized spacial score (nSPS) is 13.6. The van der Waals surface area contributed by atoms with Crippen molar-refractivity contribution in [2.75, 3.05) is 11.5 Å². The molecule has 0 radical (unpaired) electrons. The maximum Gasteiger partial charge on any atom is 0.150 e. The molecule has 1 N–H and O–H groups in total. The fourth-order valence-corrected chi connectivity index (χ4v) is 2.40. The van der Waals surface area contributed by atoms with Crippen LogP contribution in [0.25, 0.3) is 0 Å². The standard InChI is InChI=1S/C11H16ClNO3S/c1-2-17(15,16)7-3-4-10(14)9-5-6-11(12)13-8-9/h5-6,8,10,14H,2-4,7H2,1H3. The fourth-order valence-electron chi connectivity index (χ4n) is 1.39. The van der Waals surface area contributed by atoms with Crippen LogP contribution in [0.4, 0.5) is 0 Å². The molecule has 6 heteroatoms. The molecule has 1 rings (SSSR count). The molecule has 1 aromatic rings. The molecule has 0 saturated heterocycles. The number of sulfone groups is 1. The average molecular weight is 278 g/mol. The second-order valence-corrected chi connectivity index (χ2v) is 6.67. The maximum atomic E-state index is 11.3. The van der Waals surface area contributed by atoms with Gasteiger partial charge in [-0.15, -0.1) is 0 Å². The first-order valence-electron chi connectivity index (χ1n) is 5.44. The summed E-state index contributed by atoms with van der Waals surface area (Å²) in [4.78, 5) is 3.86. The van der Waals surface area contributed by atoms with E-state index in [-0.39, 0.29) is 11.5 Å². The second kappa shape index (κ2) is 6.33. The van der Waals surface area contributed by atoms with E-state index in [1.807, 2.05) is 0 Å². The number of hydrogen-bond donors (Lipinski definition) is 1. The smallest absolute Gasteiger partial charge is 0.150 e. The molecule has 1 atom stereocenters. The summed E-state index contributed by atoms with van der Waals surface area (Å²) in [5.74, 6) is 0.257. The van der Waals surface area contributed by atoms with Gasteiger partial charge in [-0.2, -0.15) is 0 Å². The molecule has 96 valence electrons. The Labute approximate surface area is 107 Å². The molecule has 1 heterocycles. The molecule has 0 saturated carbocycles. The Bertz CT molecular complexity index is 444. The van der Waals surface area contributed by atoms with Crippen molar-refractivity contribution in [1.82, 2.24) is 4.98 Å². The molecule has 0 fully saturated rings. The van der Waals surface area contributed by atoms with Crippen LogP contribution in [0.15, 0.2) is 18.3 Å². The first-order chi connectivity index (χ1) is 7.94. The highest BCUT2D eigenvalue weighted by Gasteiger charge is 2.11. The van der Waals surface area contributed by atoms with Crippen molar-refractivity contribution in [3.8, 4) is 0 Å². The highest BCUT2D eigenvalue weighted by Crippen LogP contribution is 2.19. The van der Waals surface area contributed by atoms with Crippen molar-refractivity contribution in [2.24, 2.45) is 0 Å². The lowest BCUT2D eigenvalue weighted by Gasteiger charge is -2.10. The molecule has 1 unspecified atom stereocenters. The van der Waals surface area contributed by atoms with Crippen LogP contribution in [0.1, 0.15) is 31.4 Å². The minimum absolute atomic E-state index is 0.113. The van der Waals surface area contributed by atoms with Crippen LogP contribution >= 0.6 is 11.6 Å². The largest absolute Gasteiger partial charge is 0.388 e. The summed E-state index contributed by atoms with van der Waals surface area (Å²) in [7, 11) is -2.95. The summed E-state index contributed by atoms with van der Waals surface area (Å²) < 4.78 is 22.5. The fraction of sp³-hybridized carbons (Fsp3) is 0.545. The van der Waals surface area contributed by atoms with Crippen LogP contribution in [0.3, 0.4) is 0 Å². The van der Waals surface area contributed by atoms with Crippen molar-refractivity contribution < 1.29 is 13.5 Å². The molecule has 17 heavy (non-hydrogen) atoms. The lowest BCUT2D eigenvalue weighted by Crippen LogP contribution is -2.10. The Morgan fingerprint density at radius 1 is 1.47 bits per heavy atom. The zero-order valence-electron chi connectivity index (χ0n) is 9.63. The van der Waals surface area contributed by atoms with Gasteiger partial charge in [-0.1, -0.05) is 24.6 Å². The van der Waals surface area contributed by atoms with Gasteiger partial charge in [0, 0.05) is 11.9 Å². The Morgan fingerprint density at radius 2 is 2.18 bits per heavy atom. The summed E-state index contributed by atoms with van der Waals surface area (Å²) in [5, 5.41) is 10.2. The molecule has 0 amide bonds. The molecule has 1 aromatic heterocycles. The quantitative estimate of drug-likeness (QED) is 0.808. The summed E-state index contributed by atoms with van der Waals surface area (Å²) in [6, 6.07) is 3.29. The van der Waals surface area contributed by atoms with Crippen LogP contribution in [0, 0.1) is 0 Å². The summed E-state index contributed by atoms with van der Waals surface area (Å²) in [5.41, 5.74) is 0.656. The minimum atomic E-state index is -2.95. The van der Waals surface area contributed by atoms with Gasteiger partial charge >= 0.3 is 0 Å². The van der Waals surface area contributed by atoms with Gasteiger partial charge in [-0.25, -0.2) is 13.4 Å². The van der Waals surface area contributed by atoms with Gasteiger partial charge in [-0.05, 0) is 24.5 Å². The molecule has 0 spiro atoms. The molecular formula is C11H16ClNO3S. The van der Waals surface area contributed by atoms with E-state index >= 15 is 0 Å². The molecule has 0 aromatic carbocycles. The first kappa shape index (κ1) is 14.4.